The minimum Gasteiger partial charge on any atom is -0.481 e. The minimum absolute atomic E-state index is 0.279. The van der Waals surface area contributed by atoms with Crippen molar-refractivity contribution in [3.05, 3.63) is 11.9 Å². The number of nitrogens with zero attached hydrogens (tertiary/aromatic N) is 1. The van der Waals surface area contributed by atoms with Crippen LogP contribution in [0.5, 0.6) is 0 Å². The summed E-state index contributed by atoms with van der Waals surface area (Å²) in [4.78, 5) is 23.6. The zero-order valence-electron chi connectivity index (χ0n) is 10.4. The van der Waals surface area contributed by atoms with E-state index in [1.807, 2.05) is 0 Å². The first-order valence-corrected chi connectivity index (χ1v) is 6.27. The second kappa shape index (κ2) is 4.34. The number of carboxylic acids is 1. The van der Waals surface area contributed by atoms with Crippen LogP contribution < -0.4 is 5.32 Å². The van der Waals surface area contributed by atoms with Crippen molar-refractivity contribution in [2.75, 3.05) is 5.32 Å². The van der Waals surface area contributed by atoms with Gasteiger partial charge in [-0.05, 0) is 19.8 Å². The Morgan fingerprint density at radius 3 is 2.68 bits per heavy atom. The highest BCUT2D eigenvalue weighted by Gasteiger charge is 2.55. The number of fused-ring (bicyclic) bond motifs is 2. The van der Waals surface area contributed by atoms with Crippen molar-refractivity contribution >= 4 is 17.6 Å². The number of aliphatic carboxylic acids is 1. The molecule has 102 valence electrons. The Hall–Kier alpha value is -1.89. The Kier molecular flexibility index (Phi) is 2.78. The summed E-state index contributed by atoms with van der Waals surface area (Å²) in [6.07, 6.45) is 2.37. The molecule has 0 unspecified atom stereocenters. The van der Waals surface area contributed by atoms with E-state index in [2.05, 4.69) is 15.5 Å². The van der Waals surface area contributed by atoms with Gasteiger partial charge >= 0.3 is 5.97 Å². The number of carbonyl (C=O) groups is 2. The maximum Gasteiger partial charge on any atom is 0.310 e. The van der Waals surface area contributed by atoms with Crippen LogP contribution in [0.3, 0.4) is 0 Å². The fraction of sp³-hybridized carbons (Fsp3) is 0.583. The van der Waals surface area contributed by atoms with E-state index in [0.29, 0.717) is 5.69 Å². The van der Waals surface area contributed by atoms with E-state index in [1.54, 1.807) is 6.92 Å². The molecule has 7 nitrogen and oxygen atoms in total. The first-order valence-electron chi connectivity index (χ1n) is 6.27. The number of hydrogen-bond donors (Lipinski definition) is 3. The molecule has 19 heavy (non-hydrogen) atoms. The van der Waals surface area contributed by atoms with E-state index in [0.717, 1.165) is 18.5 Å². The highest BCUT2D eigenvalue weighted by Crippen LogP contribution is 2.44. The van der Waals surface area contributed by atoms with Crippen molar-refractivity contribution in [3.63, 3.8) is 0 Å². The predicted octanol–water partition coefficient (Wildman–Crippen LogP) is 0.535. The lowest BCUT2D eigenvalue weighted by atomic mass is 9.78. The Balaban J connectivity index is 1.79. The van der Waals surface area contributed by atoms with Gasteiger partial charge in [0.2, 0.25) is 5.91 Å². The number of anilines is 1. The molecule has 4 atom stereocenters. The summed E-state index contributed by atoms with van der Waals surface area (Å²) < 4.78 is 5.56. The average Bonchev–Trinajstić information content (AvgIpc) is 3.04. The van der Waals surface area contributed by atoms with E-state index in [9.17, 15) is 14.7 Å². The van der Waals surface area contributed by atoms with Crippen LogP contribution in [0.4, 0.5) is 5.69 Å². The summed E-state index contributed by atoms with van der Waals surface area (Å²) in [7, 11) is 0. The van der Waals surface area contributed by atoms with Gasteiger partial charge in [-0.3, -0.25) is 14.7 Å². The molecular weight excluding hydrogens is 250 g/mol. The number of hydrogen-bond acceptors (Lipinski definition) is 4. The fourth-order valence-corrected chi connectivity index (χ4v) is 3.02. The SMILES string of the molecule is Cc1[nH]ncc1NC(=O)[C@@H]1[C@@H](C(=O)O)[C@@H]2CC[C@H]1O2. The molecule has 3 N–H and O–H groups in total. The van der Waals surface area contributed by atoms with E-state index >= 15 is 0 Å². The zero-order valence-corrected chi connectivity index (χ0v) is 10.4. The molecular formula is C12H15N3O4. The summed E-state index contributed by atoms with van der Waals surface area (Å²) >= 11 is 0. The number of aromatic amines is 1. The molecule has 0 aromatic carbocycles. The summed E-state index contributed by atoms with van der Waals surface area (Å²) in [5, 5.41) is 18.5. The Morgan fingerprint density at radius 1 is 1.42 bits per heavy atom. The lowest BCUT2D eigenvalue weighted by molar-refractivity contribution is -0.147. The second-order valence-electron chi connectivity index (χ2n) is 5.08. The third-order valence-electron chi connectivity index (χ3n) is 3.95. The molecule has 2 aliphatic heterocycles. The van der Waals surface area contributed by atoms with Crippen LogP contribution in [-0.2, 0) is 14.3 Å². The maximum absolute atomic E-state index is 12.3. The monoisotopic (exact) mass is 265 g/mol. The van der Waals surface area contributed by atoms with Crippen LogP contribution >= 0.6 is 0 Å². The van der Waals surface area contributed by atoms with Crippen molar-refractivity contribution in [1.29, 1.82) is 0 Å². The summed E-state index contributed by atoms with van der Waals surface area (Å²) in [6, 6.07) is 0. The molecule has 3 heterocycles. The fourth-order valence-electron chi connectivity index (χ4n) is 3.02. The normalized spacial score (nSPS) is 32.5. The van der Waals surface area contributed by atoms with Crippen molar-refractivity contribution in [3.8, 4) is 0 Å². The standard InChI is InChI=1S/C12H15N3O4/c1-5-6(4-13-15-5)14-11(16)9-7-2-3-8(19-7)10(9)12(17)18/h4,7-10H,2-3H2,1H3,(H,13,15)(H,14,16)(H,17,18)/t7-,8+,9+,10+/m1/s1. The Labute approximate surface area is 109 Å². The highest BCUT2D eigenvalue weighted by molar-refractivity contribution is 5.96. The largest absolute Gasteiger partial charge is 0.481 e. The van der Waals surface area contributed by atoms with Gasteiger partial charge in [0.05, 0.1) is 41.6 Å². The second-order valence-corrected chi connectivity index (χ2v) is 5.08. The topological polar surface area (TPSA) is 104 Å². The maximum atomic E-state index is 12.3. The zero-order chi connectivity index (χ0) is 13.6. The van der Waals surface area contributed by atoms with Crippen molar-refractivity contribution < 1.29 is 19.4 Å². The van der Waals surface area contributed by atoms with Crippen LogP contribution in [0.25, 0.3) is 0 Å². The third kappa shape index (κ3) is 1.90. The molecule has 2 saturated heterocycles. The molecule has 0 saturated carbocycles. The number of rotatable bonds is 3. The van der Waals surface area contributed by atoms with E-state index < -0.39 is 17.8 Å². The van der Waals surface area contributed by atoms with Gasteiger partial charge in [-0.1, -0.05) is 0 Å². The number of aryl methyl sites for hydroxylation is 1. The van der Waals surface area contributed by atoms with E-state index in [-0.39, 0.29) is 18.1 Å². The molecule has 0 aliphatic carbocycles. The Bertz CT molecular complexity index is 527. The van der Waals surface area contributed by atoms with Gasteiger partial charge in [-0.2, -0.15) is 5.10 Å². The molecule has 1 aromatic heterocycles. The molecule has 3 rings (SSSR count). The Morgan fingerprint density at radius 2 is 2.11 bits per heavy atom. The molecule has 0 spiro atoms. The number of carboxylic acid groups (broad SMARTS) is 1. The van der Waals surface area contributed by atoms with Gasteiger partial charge in [0, 0.05) is 0 Å². The molecule has 2 aliphatic rings. The molecule has 1 aromatic rings. The smallest absolute Gasteiger partial charge is 0.310 e. The number of amides is 1. The number of aromatic nitrogens is 2. The summed E-state index contributed by atoms with van der Waals surface area (Å²) in [6.45, 7) is 1.79. The molecule has 2 bridgehead atoms. The molecule has 2 fully saturated rings. The van der Waals surface area contributed by atoms with Gasteiger partial charge < -0.3 is 15.2 Å². The lowest BCUT2D eigenvalue weighted by Gasteiger charge is -2.23. The molecule has 0 radical (unpaired) electrons. The minimum atomic E-state index is -0.962. The van der Waals surface area contributed by atoms with Gasteiger partial charge in [0.15, 0.2) is 0 Å². The van der Waals surface area contributed by atoms with Crippen LogP contribution in [0.1, 0.15) is 18.5 Å². The average molecular weight is 265 g/mol. The van der Waals surface area contributed by atoms with E-state index in [1.165, 1.54) is 6.20 Å². The van der Waals surface area contributed by atoms with Gasteiger partial charge in [-0.15, -0.1) is 0 Å². The van der Waals surface area contributed by atoms with Gasteiger partial charge in [0.1, 0.15) is 0 Å². The molecule has 1 amide bonds. The first kappa shape index (κ1) is 12.2. The van der Waals surface area contributed by atoms with Gasteiger partial charge in [0.25, 0.3) is 0 Å². The van der Waals surface area contributed by atoms with Crippen LogP contribution in [0, 0.1) is 18.8 Å². The van der Waals surface area contributed by atoms with Crippen LogP contribution in [-0.4, -0.2) is 39.4 Å². The quantitative estimate of drug-likeness (QED) is 0.739. The highest BCUT2D eigenvalue weighted by atomic mass is 16.5. The van der Waals surface area contributed by atoms with Gasteiger partial charge in [-0.25, -0.2) is 0 Å². The van der Waals surface area contributed by atoms with E-state index in [4.69, 9.17) is 4.74 Å². The predicted molar refractivity (Wildman–Crippen MR) is 64.5 cm³/mol. The van der Waals surface area contributed by atoms with Crippen molar-refractivity contribution in [2.45, 2.75) is 32.0 Å². The van der Waals surface area contributed by atoms with Crippen molar-refractivity contribution in [2.24, 2.45) is 11.8 Å². The number of H-pyrrole nitrogens is 1. The van der Waals surface area contributed by atoms with Crippen molar-refractivity contribution in [1.82, 2.24) is 10.2 Å². The number of ether oxygens (including phenoxy) is 1. The molecule has 7 heteroatoms. The van der Waals surface area contributed by atoms with Crippen LogP contribution in [0.2, 0.25) is 0 Å². The third-order valence-corrected chi connectivity index (χ3v) is 3.95. The number of nitrogens with one attached hydrogen (secondary N) is 2. The summed E-state index contributed by atoms with van der Waals surface area (Å²) in [5.74, 6) is -2.63. The van der Waals surface area contributed by atoms with Crippen LogP contribution in [0.15, 0.2) is 6.20 Å². The number of carbonyl (C=O) groups excluding carboxylic acids is 1. The lowest BCUT2D eigenvalue weighted by Crippen LogP contribution is -2.41. The first-order chi connectivity index (χ1) is 9.08. The summed E-state index contributed by atoms with van der Waals surface area (Å²) in [5.41, 5.74) is 1.32.